The standard InChI is InChI=1S/C14H24N4O2/c1-19-14(5-3-2-4-6-14)13-16-12(20-17-13)11-18-9-7-15-8-10-18/h15H,2-11H2,1H3. The molecule has 0 unspecified atom stereocenters. The number of piperazine rings is 1. The predicted octanol–water partition coefficient (Wildman–Crippen LogP) is 1.28. The van der Waals surface area contributed by atoms with Crippen molar-refractivity contribution in [2.75, 3.05) is 33.3 Å². The van der Waals surface area contributed by atoms with Crippen LogP contribution in [0.5, 0.6) is 0 Å². The van der Waals surface area contributed by atoms with Crippen LogP contribution in [0.15, 0.2) is 4.52 Å². The zero-order valence-electron chi connectivity index (χ0n) is 12.2. The van der Waals surface area contributed by atoms with Gasteiger partial charge in [-0.15, -0.1) is 0 Å². The molecule has 6 nitrogen and oxygen atoms in total. The minimum absolute atomic E-state index is 0.316. The summed E-state index contributed by atoms with van der Waals surface area (Å²) in [5.41, 5.74) is -0.316. The maximum atomic E-state index is 5.76. The Hall–Kier alpha value is -0.980. The Bertz CT molecular complexity index is 423. The van der Waals surface area contributed by atoms with Crippen LogP contribution in [0.2, 0.25) is 0 Å². The van der Waals surface area contributed by atoms with E-state index in [1.54, 1.807) is 7.11 Å². The van der Waals surface area contributed by atoms with Gasteiger partial charge in [-0.1, -0.05) is 24.4 Å². The lowest BCUT2D eigenvalue weighted by atomic mass is 9.84. The molecule has 0 spiro atoms. The second-order valence-electron chi connectivity index (χ2n) is 5.80. The summed E-state index contributed by atoms with van der Waals surface area (Å²) < 4.78 is 11.2. The third-order valence-electron chi connectivity index (χ3n) is 4.50. The second-order valence-corrected chi connectivity index (χ2v) is 5.80. The van der Waals surface area contributed by atoms with Crippen LogP contribution in [0.1, 0.15) is 43.8 Å². The van der Waals surface area contributed by atoms with E-state index in [9.17, 15) is 0 Å². The number of nitrogens with one attached hydrogen (secondary N) is 1. The monoisotopic (exact) mass is 280 g/mol. The van der Waals surface area contributed by atoms with Crippen LogP contribution in [0.3, 0.4) is 0 Å². The molecule has 112 valence electrons. The highest BCUT2D eigenvalue weighted by molar-refractivity contribution is 5.03. The van der Waals surface area contributed by atoms with Gasteiger partial charge < -0.3 is 14.6 Å². The van der Waals surface area contributed by atoms with Crippen LogP contribution in [-0.4, -0.2) is 48.3 Å². The average molecular weight is 280 g/mol. The molecule has 0 radical (unpaired) electrons. The van der Waals surface area contributed by atoms with Crippen molar-refractivity contribution in [1.29, 1.82) is 0 Å². The van der Waals surface area contributed by atoms with E-state index < -0.39 is 0 Å². The molecule has 6 heteroatoms. The van der Waals surface area contributed by atoms with Crippen molar-refractivity contribution in [3.05, 3.63) is 11.7 Å². The van der Waals surface area contributed by atoms with Gasteiger partial charge in [-0.3, -0.25) is 4.90 Å². The van der Waals surface area contributed by atoms with Crippen molar-refractivity contribution < 1.29 is 9.26 Å². The number of hydrogen-bond acceptors (Lipinski definition) is 6. The van der Waals surface area contributed by atoms with E-state index in [1.807, 2.05) is 0 Å². The van der Waals surface area contributed by atoms with E-state index in [0.717, 1.165) is 51.4 Å². The van der Waals surface area contributed by atoms with E-state index in [0.29, 0.717) is 5.89 Å². The van der Waals surface area contributed by atoms with Gasteiger partial charge in [0.05, 0.1) is 6.54 Å². The fourth-order valence-corrected chi connectivity index (χ4v) is 3.21. The number of nitrogens with zero attached hydrogens (tertiary/aromatic N) is 3. The summed E-state index contributed by atoms with van der Waals surface area (Å²) in [7, 11) is 1.76. The molecule has 3 rings (SSSR count). The molecule has 2 heterocycles. The van der Waals surface area contributed by atoms with E-state index >= 15 is 0 Å². The molecule has 0 aromatic carbocycles. The number of hydrogen-bond donors (Lipinski definition) is 1. The Morgan fingerprint density at radius 1 is 1.25 bits per heavy atom. The number of aromatic nitrogens is 2. The van der Waals surface area contributed by atoms with Crippen molar-refractivity contribution in [3.8, 4) is 0 Å². The van der Waals surface area contributed by atoms with Gasteiger partial charge in [0.15, 0.2) is 0 Å². The summed E-state index contributed by atoms with van der Waals surface area (Å²) in [4.78, 5) is 6.95. The lowest BCUT2D eigenvalue weighted by Gasteiger charge is -2.32. The van der Waals surface area contributed by atoms with Crippen LogP contribution in [0.4, 0.5) is 0 Å². The Morgan fingerprint density at radius 3 is 2.70 bits per heavy atom. The minimum atomic E-state index is -0.316. The summed E-state index contributed by atoms with van der Waals surface area (Å²) in [5, 5.41) is 7.54. The lowest BCUT2D eigenvalue weighted by Crippen LogP contribution is -2.43. The maximum absolute atomic E-state index is 5.76. The van der Waals surface area contributed by atoms with Crippen LogP contribution in [0.25, 0.3) is 0 Å². The van der Waals surface area contributed by atoms with Gasteiger partial charge in [0.2, 0.25) is 11.7 Å². The highest BCUT2D eigenvalue weighted by Gasteiger charge is 2.38. The summed E-state index contributed by atoms with van der Waals surface area (Å²) in [5.74, 6) is 1.45. The van der Waals surface area contributed by atoms with E-state index in [-0.39, 0.29) is 5.60 Å². The largest absolute Gasteiger partial charge is 0.370 e. The Labute approximate surface area is 119 Å². The fourth-order valence-electron chi connectivity index (χ4n) is 3.21. The van der Waals surface area contributed by atoms with Gasteiger partial charge in [-0.2, -0.15) is 4.98 Å². The fraction of sp³-hybridized carbons (Fsp3) is 0.857. The van der Waals surface area contributed by atoms with Crippen LogP contribution < -0.4 is 5.32 Å². The molecule has 0 bridgehead atoms. The van der Waals surface area contributed by atoms with Crippen molar-refractivity contribution >= 4 is 0 Å². The smallest absolute Gasteiger partial charge is 0.240 e. The summed E-state index contributed by atoms with van der Waals surface area (Å²) >= 11 is 0. The highest BCUT2D eigenvalue weighted by atomic mass is 16.5. The first-order valence-electron chi connectivity index (χ1n) is 7.64. The molecule has 0 atom stereocenters. The van der Waals surface area contributed by atoms with E-state index in [4.69, 9.17) is 9.26 Å². The molecule has 1 saturated carbocycles. The summed E-state index contributed by atoms with van der Waals surface area (Å²) in [6, 6.07) is 0. The molecule has 20 heavy (non-hydrogen) atoms. The van der Waals surface area contributed by atoms with Gasteiger partial charge in [-0.05, 0) is 12.8 Å². The summed E-state index contributed by atoms with van der Waals surface area (Å²) in [6.07, 6.45) is 5.62. The van der Waals surface area contributed by atoms with Crippen molar-refractivity contribution in [3.63, 3.8) is 0 Å². The predicted molar refractivity (Wildman–Crippen MR) is 74.2 cm³/mol. The first-order chi connectivity index (χ1) is 9.82. The minimum Gasteiger partial charge on any atom is -0.370 e. The second kappa shape index (κ2) is 6.20. The quantitative estimate of drug-likeness (QED) is 0.896. The zero-order valence-corrected chi connectivity index (χ0v) is 12.2. The Balaban J connectivity index is 1.68. The normalized spacial score (nSPS) is 23.9. The van der Waals surface area contributed by atoms with E-state index in [1.165, 1.54) is 19.3 Å². The molecular weight excluding hydrogens is 256 g/mol. The first-order valence-corrected chi connectivity index (χ1v) is 7.64. The van der Waals surface area contributed by atoms with Gasteiger partial charge in [0, 0.05) is 33.3 Å². The summed E-state index contributed by atoms with van der Waals surface area (Å²) in [6.45, 7) is 4.88. The van der Waals surface area contributed by atoms with Gasteiger partial charge >= 0.3 is 0 Å². The van der Waals surface area contributed by atoms with Crippen molar-refractivity contribution in [2.24, 2.45) is 0 Å². The SMILES string of the molecule is COC1(c2noc(CN3CCNCC3)n2)CCCCC1. The third kappa shape index (κ3) is 2.87. The van der Waals surface area contributed by atoms with Gasteiger partial charge in [-0.25, -0.2) is 0 Å². The molecule has 1 N–H and O–H groups in total. The number of ether oxygens (including phenoxy) is 1. The van der Waals surface area contributed by atoms with E-state index in [2.05, 4.69) is 20.4 Å². The first kappa shape index (κ1) is 14.0. The molecule has 1 saturated heterocycles. The van der Waals surface area contributed by atoms with Crippen LogP contribution in [-0.2, 0) is 16.9 Å². The molecule has 2 fully saturated rings. The zero-order chi connectivity index (χ0) is 13.8. The molecule has 2 aliphatic rings. The van der Waals surface area contributed by atoms with Crippen LogP contribution in [0, 0.1) is 0 Å². The maximum Gasteiger partial charge on any atom is 0.240 e. The number of methoxy groups -OCH3 is 1. The van der Waals surface area contributed by atoms with Gasteiger partial charge in [0.25, 0.3) is 0 Å². The third-order valence-corrected chi connectivity index (χ3v) is 4.50. The topological polar surface area (TPSA) is 63.4 Å². The highest BCUT2D eigenvalue weighted by Crippen LogP contribution is 2.38. The van der Waals surface area contributed by atoms with Crippen LogP contribution >= 0.6 is 0 Å². The Kier molecular flexibility index (Phi) is 4.33. The van der Waals surface area contributed by atoms with Crippen molar-refractivity contribution in [1.82, 2.24) is 20.4 Å². The Morgan fingerprint density at radius 2 is 2.00 bits per heavy atom. The molecule has 1 aliphatic heterocycles. The average Bonchev–Trinajstić information content (AvgIpc) is 2.98. The molecule has 1 aromatic heterocycles. The van der Waals surface area contributed by atoms with Crippen molar-refractivity contribution in [2.45, 2.75) is 44.2 Å². The lowest BCUT2D eigenvalue weighted by molar-refractivity contribution is -0.0527. The molecule has 1 aromatic rings. The molecule has 1 aliphatic carbocycles. The molecule has 0 amide bonds. The number of rotatable bonds is 4. The molecular formula is C14H24N4O2. The van der Waals surface area contributed by atoms with Gasteiger partial charge in [0.1, 0.15) is 5.60 Å².